The standard InChI is InChI=1S/C15H19ClN2O/c1-10(11-3-4-11)18-14-9-12(19-2)5-6-13(14)17-15(18)7-8-16/h5-6,9-11H,3-4,7-8H2,1-2H3. The van der Waals surface area contributed by atoms with E-state index in [0.717, 1.165) is 29.4 Å². The second kappa shape index (κ2) is 5.04. The molecular weight excluding hydrogens is 260 g/mol. The van der Waals surface area contributed by atoms with Crippen LogP contribution >= 0.6 is 11.6 Å². The van der Waals surface area contributed by atoms with Gasteiger partial charge in [-0.25, -0.2) is 4.98 Å². The number of benzene rings is 1. The van der Waals surface area contributed by atoms with E-state index < -0.39 is 0 Å². The van der Waals surface area contributed by atoms with Crippen LogP contribution in [0.3, 0.4) is 0 Å². The Hall–Kier alpha value is -1.22. The SMILES string of the molecule is COc1ccc2nc(CCCl)n(C(C)C3CC3)c2c1. The molecular formula is C15H19ClN2O. The Kier molecular flexibility index (Phi) is 3.40. The van der Waals surface area contributed by atoms with E-state index in [0.29, 0.717) is 11.9 Å². The van der Waals surface area contributed by atoms with Crippen molar-refractivity contribution in [2.75, 3.05) is 13.0 Å². The highest BCUT2D eigenvalue weighted by Crippen LogP contribution is 2.41. The molecule has 1 heterocycles. The van der Waals surface area contributed by atoms with Crippen molar-refractivity contribution in [2.24, 2.45) is 5.92 Å². The summed E-state index contributed by atoms with van der Waals surface area (Å²) in [6, 6.07) is 6.57. The van der Waals surface area contributed by atoms with Crippen molar-refractivity contribution in [3.63, 3.8) is 0 Å². The lowest BCUT2D eigenvalue weighted by atomic mass is 10.2. The highest BCUT2D eigenvalue weighted by molar-refractivity contribution is 6.17. The monoisotopic (exact) mass is 278 g/mol. The Morgan fingerprint density at radius 2 is 2.26 bits per heavy atom. The van der Waals surface area contributed by atoms with Gasteiger partial charge in [0, 0.05) is 24.4 Å². The number of halogens is 1. The molecule has 1 aromatic carbocycles. The van der Waals surface area contributed by atoms with Crippen LogP contribution in [0.1, 0.15) is 31.6 Å². The Morgan fingerprint density at radius 3 is 2.89 bits per heavy atom. The Balaban J connectivity index is 2.14. The highest BCUT2D eigenvalue weighted by Gasteiger charge is 2.31. The zero-order chi connectivity index (χ0) is 13.4. The predicted octanol–water partition coefficient (Wildman–Crippen LogP) is 3.80. The summed E-state index contributed by atoms with van der Waals surface area (Å²) in [5.74, 6) is 3.38. The second-order valence-electron chi connectivity index (χ2n) is 5.27. The number of nitrogens with zero attached hydrogens (tertiary/aromatic N) is 2. The van der Waals surface area contributed by atoms with Crippen LogP contribution in [0.4, 0.5) is 0 Å². The number of imidazole rings is 1. The Bertz CT molecular complexity index is 589. The Labute approximate surface area is 118 Å². The number of hydrogen-bond acceptors (Lipinski definition) is 2. The van der Waals surface area contributed by atoms with E-state index in [9.17, 15) is 0 Å². The topological polar surface area (TPSA) is 27.1 Å². The second-order valence-corrected chi connectivity index (χ2v) is 5.65. The zero-order valence-electron chi connectivity index (χ0n) is 11.4. The molecule has 1 unspecified atom stereocenters. The van der Waals surface area contributed by atoms with Gasteiger partial charge in [0.25, 0.3) is 0 Å². The molecule has 0 N–H and O–H groups in total. The summed E-state index contributed by atoms with van der Waals surface area (Å²) in [5, 5.41) is 0. The molecule has 3 nitrogen and oxygen atoms in total. The maximum atomic E-state index is 5.92. The summed E-state index contributed by atoms with van der Waals surface area (Å²) in [5.41, 5.74) is 2.20. The first-order valence-electron chi connectivity index (χ1n) is 6.85. The van der Waals surface area contributed by atoms with Crippen molar-refractivity contribution in [3.05, 3.63) is 24.0 Å². The molecule has 3 rings (SSSR count). The van der Waals surface area contributed by atoms with Crippen LogP contribution in [0.5, 0.6) is 5.75 Å². The molecule has 0 spiro atoms. The normalized spacial score (nSPS) is 16.8. The van der Waals surface area contributed by atoms with Crippen LogP contribution < -0.4 is 4.74 Å². The molecule has 1 aliphatic carbocycles. The number of fused-ring (bicyclic) bond motifs is 1. The van der Waals surface area contributed by atoms with E-state index >= 15 is 0 Å². The molecule has 0 radical (unpaired) electrons. The number of rotatable bonds is 5. The van der Waals surface area contributed by atoms with Gasteiger partial charge in [-0.3, -0.25) is 0 Å². The first-order chi connectivity index (χ1) is 9.24. The van der Waals surface area contributed by atoms with Crippen molar-refractivity contribution in [2.45, 2.75) is 32.2 Å². The summed E-state index contributed by atoms with van der Waals surface area (Å²) in [7, 11) is 1.70. The third-order valence-electron chi connectivity index (χ3n) is 4.00. The fraction of sp³-hybridized carbons (Fsp3) is 0.533. The molecule has 1 aliphatic rings. The van der Waals surface area contributed by atoms with Crippen LogP contribution in [-0.2, 0) is 6.42 Å². The van der Waals surface area contributed by atoms with Gasteiger partial charge in [-0.1, -0.05) is 0 Å². The third-order valence-corrected chi connectivity index (χ3v) is 4.19. The van der Waals surface area contributed by atoms with Crippen molar-refractivity contribution >= 4 is 22.6 Å². The van der Waals surface area contributed by atoms with Crippen molar-refractivity contribution in [3.8, 4) is 5.75 Å². The smallest absolute Gasteiger partial charge is 0.121 e. The molecule has 1 atom stereocenters. The van der Waals surface area contributed by atoms with Crippen molar-refractivity contribution in [1.29, 1.82) is 0 Å². The minimum Gasteiger partial charge on any atom is -0.497 e. The van der Waals surface area contributed by atoms with E-state index in [-0.39, 0.29) is 0 Å². The lowest BCUT2D eigenvalue weighted by molar-refractivity contribution is 0.414. The molecule has 4 heteroatoms. The van der Waals surface area contributed by atoms with Gasteiger partial charge in [-0.15, -0.1) is 11.6 Å². The third kappa shape index (κ3) is 2.32. The number of alkyl halides is 1. The summed E-state index contributed by atoms with van der Waals surface area (Å²) in [6.45, 7) is 2.29. The van der Waals surface area contributed by atoms with E-state index in [1.807, 2.05) is 12.1 Å². The average molecular weight is 279 g/mol. The maximum Gasteiger partial charge on any atom is 0.121 e. The van der Waals surface area contributed by atoms with Crippen LogP contribution in [0.15, 0.2) is 18.2 Å². The first kappa shape index (κ1) is 12.8. The predicted molar refractivity (Wildman–Crippen MR) is 78.1 cm³/mol. The van der Waals surface area contributed by atoms with Crippen LogP contribution in [-0.4, -0.2) is 22.5 Å². The van der Waals surface area contributed by atoms with Crippen LogP contribution in [0, 0.1) is 5.92 Å². The first-order valence-corrected chi connectivity index (χ1v) is 7.39. The summed E-state index contributed by atoms with van der Waals surface area (Å²) in [4.78, 5) is 4.73. The highest BCUT2D eigenvalue weighted by atomic mass is 35.5. The molecule has 0 saturated heterocycles. The molecule has 1 fully saturated rings. The molecule has 0 bridgehead atoms. The summed E-state index contributed by atoms with van der Waals surface area (Å²) >= 11 is 5.92. The fourth-order valence-electron chi connectivity index (χ4n) is 2.75. The summed E-state index contributed by atoms with van der Waals surface area (Å²) < 4.78 is 7.69. The lowest BCUT2D eigenvalue weighted by Crippen LogP contribution is -2.11. The van der Waals surface area contributed by atoms with Crippen molar-refractivity contribution in [1.82, 2.24) is 9.55 Å². The minimum absolute atomic E-state index is 0.496. The van der Waals surface area contributed by atoms with E-state index in [1.165, 1.54) is 18.4 Å². The van der Waals surface area contributed by atoms with Gasteiger partial charge in [0.2, 0.25) is 0 Å². The van der Waals surface area contributed by atoms with Gasteiger partial charge in [-0.05, 0) is 37.8 Å². The van der Waals surface area contributed by atoms with Gasteiger partial charge >= 0.3 is 0 Å². The molecule has 2 aromatic rings. The molecule has 0 amide bonds. The van der Waals surface area contributed by atoms with E-state index in [2.05, 4.69) is 17.6 Å². The number of aryl methyl sites for hydroxylation is 1. The number of ether oxygens (including phenoxy) is 1. The minimum atomic E-state index is 0.496. The van der Waals surface area contributed by atoms with E-state index in [4.69, 9.17) is 21.3 Å². The number of methoxy groups -OCH3 is 1. The fourth-order valence-corrected chi connectivity index (χ4v) is 2.92. The average Bonchev–Trinajstić information content (AvgIpc) is 3.20. The van der Waals surface area contributed by atoms with Gasteiger partial charge in [0.1, 0.15) is 11.6 Å². The molecule has 1 saturated carbocycles. The van der Waals surface area contributed by atoms with Gasteiger partial charge in [0.05, 0.1) is 18.1 Å². The van der Waals surface area contributed by atoms with Gasteiger partial charge in [0.15, 0.2) is 0 Å². The lowest BCUT2D eigenvalue weighted by Gasteiger charge is -2.17. The van der Waals surface area contributed by atoms with E-state index in [1.54, 1.807) is 7.11 Å². The number of hydrogen-bond donors (Lipinski definition) is 0. The summed E-state index contributed by atoms with van der Waals surface area (Å²) in [6.07, 6.45) is 3.46. The zero-order valence-corrected chi connectivity index (χ0v) is 12.2. The van der Waals surface area contributed by atoms with Gasteiger partial charge in [-0.2, -0.15) is 0 Å². The quantitative estimate of drug-likeness (QED) is 0.778. The maximum absolute atomic E-state index is 5.92. The van der Waals surface area contributed by atoms with Crippen LogP contribution in [0.2, 0.25) is 0 Å². The number of aromatic nitrogens is 2. The Morgan fingerprint density at radius 1 is 1.47 bits per heavy atom. The molecule has 102 valence electrons. The molecule has 0 aliphatic heterocycles. The largest absolute Gasteiger partial charge is 0.497 e. The van der Waals surface area contributed by atoms with Crippen molar-refractivity contribution < 1.29 is 4.74 Å². The van der Waals surface area contributed by atoms with Gasteiger partial charge < -0.3 is 9.30 Å². The van der Waals surface area contributed by atoms with Crippen LogP contribution in [0.25, 0.3) is 11.0 Å². The molecule has 19 heavy (non-hydrogen) atoms. The molecule has 1 aromatic heterocycles.